The van der Waals surface area contributed by atoms with Crippen LogP contribution in [0.5, 0.6) is 0 Å². The second-order valence-electron chi connectivity index (χ2n) is 4.62. The van der Waals surface area contributed by atoms with E-state index in [1.165, 1.54) is 12.1 Å². The number of hydrogen-bond acceptors (Lipinski definition) is 1. The van der Waals surface area contributed by atoms with E-state index in [-0.39, 0.29) is 10.6 Å². The molecular weight excluding hydrogens is 375 g/mol. The molecule has 1 unspecified atom stereocenters. The van der Waals surface area contributed by atoms with Gasteiger partial charge in [0, 0.05) is 10.6 Å². The molecule has 24 heavy (non-hydrogen) atoms. The zero-order chi connectivity index (χ0) is 18.0. The first-order valence-electron chi connectivity index (χ1n) is 6.27. The summed E-state index contributed by atoms with van der Waals surface area (Å²) in [5, 5.41) is -0.00817. The second-order valence-corrected chi connectivity index (χ2v) is 5.99. The zero-order valence-electron chi connectivity index (χ0n) is 11.6. The smallest absolute Gasteiger partial charge is 0.195 e. The van der Waals surface area contributed by atoms with Gasteiger partial charge in [-0.1, -0.05) is 17.7 Å². The van der Waals surface area contributed by atoms with Gasteiger partial charge >= 0.3 is 0 Å². The maximum Gasteiger partial charge on any atom is 0.195 e. The highest BCUT2D eigenvalue weighted by Crippen LogP contribution is 2.34. The van der Waals surface area contributed by atoms with Crippen molar-refractivity contribution in [2.24, 2.45) is 0 Å². The Morgan fingerprint density at radius 1 is 1.00 bits per heavy atom. The van der Waals surface area contributed by atoms with Crippen molar-refractivity contribution in [1.29, 1.82) is 0 Å². The highest BCUT2D eigenvalue weighted by molar-refractivity contribution is 7.78. The third-order valence-corrected chi connectivity index (χ3v) is 3.84. The highest BCUT2D eigenvalue weighted by atomic mass is 35.5. The molecule has 0 amide bonds. The van der Waals surface area contributed by atoms with E-state index in [1.54, 1.807) is 0 Å². The molecule has 0 fully saturated rings. The summed E-state index contributed by atoms with van der Waals surface area (Å²) in [6.45, 7) is 0. The Balaban J connectivity index is 2.63. The van der Waals surface area contributed by atoms with Crippen LogP contribution in [0, 0.1) is 17.5 Å². The van der Waals surface area contributed by atoms with Crippen LogP contribution in [-0.4, -0.2) is 8.76 Å². The van der Waals surface area contributed by atoms with E-state index in [2.05, 4.69) is 0 Å². The molecule has 2 aromatic carbocycles. The molecule has 0 saturated carbocycles. The highest BCUT2D eigenvalue weighted by Gasteiger charge is 2.22. The summed E-state index contributed by atoms with van der Waals surface area (Å²) in [5.74, 6) is -9.34. The average molecular weight is 383 g/mol. The molecule has 9 heteroatoms. The predicted octanol–water partition coefficient (Wildman–Crippen LogP) is 5.24. The molecular formula is C15H8ClF5O2S. The van der Waals surface area contributed by atoms with Gasteiger partial charge in [0.2, 0.25) is 0 Å². The molecule has 0 aliphatic carbocycles. The lowest BCUT2D eigenvalue weighted by Crippen LogP contribution is -2.00. The van der Waals surface area contributed by atoms with Crippen molar-refractivity contribution in [3.8, 4) is 0 Å². The van der Waals surface area contributed by atoms with Crippen molar-refractivity contribution in [3.63, 3.8) is 0 Å². The minimum Gasteiger partial charge on any atom is -0.306 e. The summed E-state index contributed by atoms with van der Waals surface area (Å²) < 4.78 is 88.1. The molecule has 0 aliphatic rings. The maximum atomic E-state index is 14.4. The minimum atomic E-state index is -2.36. The lowest BCUT2D eigenvalue weighted by Gasteiger charge is -2.09. The summed E-state index contributed by atoms with van der Waals surface area (Å²) in [6.07, 6.45) is 0. The molecule has 1 atom stereocenters. The van der Waals surface area contributed by atoms with Crippen LogP contribution >= 0.6 is 11.6 Å². The Bertz CT molecular complexity index is 854. The van der Waals surface area contributed by atoms with E-state index < -0.39 is 57.1 Å². The van der Waals surface area contributed by atoms with Crippen LogP contribution in [0.3, 0.4) is 0 Å². The Hall–Kier alpha value is -1.77. The van der Waals surface area contributed by atoms with Gasteiger partial charge in [-0.2, -0.15) is 0 Å². The van der Waals surface area contributed by atoms with Crippen LogP contribution in [0.15, 0.2) is 30.3 Å². The van der Waals surface area contributed by atoms with Crippen molar-refractivity contribution in [3.05, 3.63) is 69.5 Å². The molecule has 1 N–H and O–H groups in total. The molecule has 0 aliphatic heterocycles. The lowest BCUT2D eigenvalue weighted by molar-refractivity contribution is 0.444. The summed E-state index contributed by atoms with van der Waals surface area (Å²) in [4.78, 5) is 0. The molecule has 2 aromatic rings. The number of halogens is 6. The van der Waals surface area contributed by atoms with Crippen LogP contribution in [0.4, 0.5) is 22.0 Å². The van der Waals surface area contributed by atoms with Gasteiger partial charge in [0.05, 0.1) is 11.3 Å². The van der Waals surface area contributed by atoms with Crippen LogP contribution in [-0.2, 0) is 16.8 Å². The molecule has 2 nitrogen and oxygen atoms in total. The third kappa shape index (κ3) is 3.82. The molecule has 0 saturated heterocycles. The first-order chi connectivity index (χ1) is 11.2. The van der Waals surface area contributed by atoms with Crippen molar-refractivity contribution < 1.29 is 30.7 Å². The van der Waals surface area contributed by atoms with Crippen LogP contribution in [0.1, 0.15) is 16.7 Å². The monoisotopic (exact) mass is 382 g/mol. The summed E-state index contributed by atoms with van der Waals surface area (Å²) in [6, 6.07) is 4.44. The molecule has 0 heterocycles. The lowest BCUT2D eigenvalue weighted by atomic mass is 10.0. The summed E-state index contributed by atoms with van der Waals surface area (Å²) in [5.41, 5.74) is -1.69. The topological polar surface area (TPSA) is 37.3 Å². The average Bonchev–Trinajstić information content (AvgIpc) is 2.53. The van der Waals surface area contributed by atoms with E-state index >= 15 is 0 Å². The van der Waals surface area contributed by atoms with E-state index in [0.717, 1.165) is 6.07 Å². The van der Waals surface area contributed by atoms with Crippen molar-refractivity contribution in [2.45, 2.75) is 5.75 Å². The van der Waals surface area contributed by atoms with Gasteiger partial charge in [0.15, 0.2) is 40.2 Å². The predicted molar refractivity (Wildman–Crippen MR) is 81.3 cm³/mol. The Labute approximate surface area is 140 Å². The van der Waals surface area contributed by atoms with Crippen molar-refractivity contribution >= 4 is 34.3 Å². The largest absolute Gasteiger partial charge is 0.306 e. The van der Waals surface area contributed by atoms with Gasteiger partial charge in [-0.3, -0.25) is 0 Å². The Morgan fingerprint density at radius 3 is 2.25 bits per heavy atom. The number of hydrogen-bond donors (Lipinski definition) is 1. The van der Waals surface area contributed by atoms with Gasteiger partial charge in [0.1, 0.15) is 0 Å². The van der Waals surface area contributed by atoms with Gasteiger partial charge in [-0.25, -0.2) is 26.2 Å². The van der Waals surface area contributed by atoms with E-state index in [4.69, 9.17) is 16.2 Å². The molecule has 2 rings (SSSR count). The second kappa shape index (κ2) is 7.42. The standard InChI is InChI=1S/C15H8ClF5O2S/c16-8-2-1-7(6-24(22)23)10(5-8)14(20)12(18)9-3-4-11(17)15(21)13(9)19/h1-5H,6H2,(H,22,23). The minimum absolute atomic E-state index is 0.00817. The van der Waals surface area contributed by atoms with E-state index in [1.807, 2.05) is 0 Å². The van der Waals surface area contributed by atoms with Gasteiger partial charge in [-0.15, -0.1) is 0 Å². The van der Waals surface area contributed by atoms with E-state index in [0.29, 0.717) is 12.1 Å². The van der Waals surface area contributed by atoms with Gasteiger partial charge in [-0.05, 0) is 29.8 Å². The fraction of sp³-hybridized carbons (Fsp3) is 0.0667. The SMILES string of the molecule is O=S(O)Cc1ccc(Cl)cc1C(F)=C(F)c1ccc(F)c(F)c1F. The van der Waals surface area contributed by atoms with Gasteiger partial charge < -0.3 is 4.55 Å². The summed E-state index contributed by atoms with van der Waals surface area (Å²) >= 11 is 3.33. The maximum absolute atomic E-state index is 14.4. The third-order valence-electron chi connectivity index (χ3n) is 3.05. The first-order valence-corrected chi connectivity index (χ1v) is 7.93. The van der Waals surface area contributed by atoms with Crippen molar-refractivity contribution in [2.75, 3.05) is 0 Å². The van der Waals surface area contributed by atoms with E-state index in [9.17, 15) is 26.2 Å². The number of rotatable bonds is 4. The number of benzene rings is 2. The molecule has 0 spiro atoms. The first kappa shape index (κ1) is 18.6. The molecule has 0 aromatic heterocycles. The quantitative estimate of drug-likeness (QED) is 0.339. The van der Waals surface area contributed by atoms with Crippen molar-refractivity contribution in [1.82, 2.24) is 0 Å². The molecule has 128 valence electrons. The molecule has 0 radical (unpaired) electrons. The van der Waals surface area contributed by atoms with Crippen LogP contribution < -0.4 is 0 Å². The van der Waals surface area contributed by atoms with Crippen LogP contribution in [0.2, 0.25) is 5.02 Å². The normalized spacial score (nSPS) is 13.6. The van der Waals surface area contributed by atoms with Crippen LogP contribution in [0.25, 0.3) is 11.7 Å². The Kier molecular flexibility index (Phi) is 5.74. The molecule has 0 bridgehead atoms. The summed E-state index contributed by atoms with van der Waals surface area (Å²) in [7, 11) is 0. The zero-order valence-corrected chi connectivity index (χ0v) is 13.2. The fourth-order valence-corrected chi connectivity index (χ4v) is 2.63. The Morgan fingerprint density at radius 2 is 1.62 bits per heavy atom. The van der Waals surface area contributed by atoms with Gasteiger partial charge in [0.25, 0.3) is 0 Å². The fourth-order valence-electron chi connectivity index (χ4n) is 1.94.